The Labute approximate surface area is 223 Å². The van der Waals surface area contributed by atoms with Crippen molar-refractivity contribution in [2.24, 2.45) is 0 Å². The Morgan fingerprint density at radius 2 is 1.73 bits per heavy atom. The quantitative estimate of drug-likeness (QED) is 0.181. The van der Waals surface area contributed by atoms with Gasteiger partial charge in [-0.3, -0.25) is 4.57 Å². The van der Waals surface area contributed by atoms with E-state index in [1.807, 2.05) is 26.0 Å². The van der Waals surface area contributed by atoms with Crippen molar-refractivity contribution in [1.82, 2.24) is 9.55 Å². The van der Waals surface area contributed by atoms with Gasteiger partial charge in [-0.1, -0.05) is 43.3 Å². The number of imidazole rings is 1. The fourth-order valence-electron chi connectivity index (χ4n) is 3.87. The average Bonchev–Trinajstić information content (AvgIpc) is 3.28. The van der Waals surface area contributed by atoms with Gasteiger partial charge >= 0.3 is 0 Å². The highest BCUT2D eigenvalue weighted by Gasteiger charge is 2.30. The van der Waals surface area contributed by atoms with E-state index < -0.39 is 33.9 Å². The van der Waals surface area contributed by atoms with Gasteiger partial charge in [-0.2, -0.15) is 0 Å². The van der Waals surface area contributed by atoms with E-state index in [1.54, 1.807) is 29.0 Å². The molecule has 194 valence electrons. The number of ether oxygens (including phenoxy) is 1. The second-order valence-corrected chi connectivity index (χ2v) is 10.9. The highest BCUT2D eigenvalue weighted by atomic mass is 35.5. The van der Waals surface area contributed by atoms with Crippen LogP contribution in [-0.2, 0) is 22.2 Å². The van der Waals surface area contributed by atoms with E-state index >= 15 is 0 Å². The van der Waals surface area contributed by atoms with Crippen LogP contribution < -0.4 is 4.74 Å². The van der Waals surface area contributed by atoms with E-state index in [9.17, 15) is 17.4 Å². The highest BCUT2D eigenvalue weighted by Crippen LogP contribution is 2.39. The first-order valence-electron chi connectivity index (χ1n) is 10.9. The lowest BCUT2D eigenvalue weighted by atomic mass is 9.81. The van der Waals surface area contributed by atoms with Crippen LogP contribution >= 0.6 is 23.4 Å². The number of hydrogen-bond donors (Lipinski definition) is 1. The van der Waals surface area contributed by atoms with Crippen LogP contribution in [0.25, 0.3) is 5.69 Å². The van der Waals surface area contributed by atoms with Crippen molar-refractivity contribution in [2.45, 2.75) is 35.1 Å². The molecule has 4 aromatic rings. The van der Waals surface area contributed by atoms with Gasteiger partial charge in [-0.05, 0) is 54.1 Å². The summed E-state index contributed by atoms with van der Waals surface area (Å²) in [5.74, 6) is -1.90. The maximum Gasteiger partial charge on any atom is 0.186 e. The second kappa shape index (κ2) is 10.9. The minimum Gasteiger partial charge on any atom is -0.495 e. The van der Waals surface area contributed by atoms with Crippen LogP contribution in [0.15, 0.2) is 70.8 Å². The summed E-state index contributed by atoms with van der Waals surface area (Å²) in [6.07, 6.45) is 1.66. The zero-order valence-electron chi connectivity index (χ0n) is 20.0. The van der Waals surface area contributed by atoms with Gasteiger partial charge in [-0.15, -0.1) is 0 Å². The molecule has 1 unspecified atom stereocenters. The Bertz CT molecular complexity index is 1450. The topological polar surface area (TPSA) is 64.3 Å². The predicted octanol–water partition coefficient (Wildman–Crippen LogP) is 7.15. The second-order valence-electron chi connectivity index (χ2n) is 8.62. The van der Waals surface area contributed by atoms with Gasteiger partial charge in [-0.25, -0.2) is 22.4 Å². The number of rotatable bonds is 8. The van der Waals surface area contributed by atoms with Crippen molar-refractivity contribution in [2.75, 3.05) is 7.11 Å². The number of thioether (sulfide) groups is 1. The lowest BCUT2D eigenvalue weighted by Gasteiger charge is -2.28. The molecule has 11 heteroatoms. The molecular formula is C26H22ClF3N2O3S2. The molecule has 0 fully saturated rings. The minimum atomic E-state index is -2.51. The number of methoxy groups -OCH3 is 1. The van der Waals surface area contributed by atoms with Crippen LogP contribution in [0.1, 0.15) is 30.7 Å². The summed E-state index contributed by atoms with van der Waals surface area (Å²) in [5, 5.41) is 0.884. The van der Waals surface area contributed by atoms with Gasteiger partial charge in [0.2, 0.25) is 0 Å². The van der Waals surface area contributed by atoms with Crippen molar-refractivity contribution in [1.29, 1.82) is 0 Å². The smallest absolute Gasteiger partial charge is 0.186 e. The van der Waals surface area contributed by atoms with Crippen LogP contribution in [0.5, 0.6) is 5.75 Å². The molecule has 0 radical (unpaired) electrons. The molecule has 1 aromatic heterocycles. The first-order valence-corrected chi connectivity index (χ1v) is 13.4. The van der Waals surface area contributed by atoms with E-state index in [0.717, 1.165) is 35.2 Å². The summed E-state index contributed by atoms with van der Waals surface area (Å²) >= 11 is 4.79. The highest BCUT2D eigenvalue weighted by molar-refractivity contribution is 7.98. The van der Waals surface area contributed by atoms with Crippen molar-refractivity contribution < 1.29 is 26.7 Å². The third-order valence-electron chi connectivity index (χ3n) is 5.99. The first kappa shape index (κ1) is 27.3. The molecular weight excluding hydrogens is 545 g/mol. The van der Waals surface area contributed by atoms with Crippen LogP contribution in [0.4, 0.5) is 13.2 Å². The summed E-state index contributed by atoms with van der Waals surface area (Å²) in [6.45, 7) is 3.96. The monoisotopic (exact) mass is 566 g/mol. The molecule has 3 aromatic carbocycles. The van der Waals surface area contributed by atoms with Gasteiger partial charge in [0.1, 0.15) is 23.2 Å². The number of hydrogen-bond acceptors (Lipinski definition) is 4. The third-order valence-corrected chi connectivity index (χ3v) is 7.92. The van der Waals surface area contributed by atoms with E-state index in [2.05, 4.69) is 4.98 Å². The molecule has 0 amide bonds. The molecule has 5 nitrogen and oxygen atoms in total. The third kappa shape index (κ3) is 5.57. The first-order chi connectivity index (χ1) is 17.5. The van der Waals surface area contributed by atoms with Gasteiger partial charge in [0.15, 0.2) is 16.2 Å². The van der Waals surface area contributed by atoms with Gasteiger partial charge in [0.25, 0.3) is 0 Å². The van der Waals surface area contributed by atoms with Gasteiger partial charge in [0.05, 0.1) is 28.9 Å². The van der Waals surface area contributed by atoms with E-state index in [0.29, 0.717) is 21.6 Å². The lowest BCUT2D eigenvalue weighted by Crippen LogP contribution is -2.23. The van der Waals surface area contributed by atoms with Crippen LogP contribution in [0.2, 0.25) is 5.02 Å². The zero-order valence-corrected chi connectivity index (χ0v) is 22.4. The van der Waals surface area contributed by atoms with E-state index in [-0.39, 0.29) is 16.2 Å². The molecule has 37 heavy (non-hydrogen) atoms. The fraction of sp³-hybridized carbons (Fsp3) is 0.192. The van der Waals surface area contributed by atoms with Crippen molar-refractivity contribution in [3.63, 3.8) is 0 Å². The largest absolute Gasteiger partial charge is 0.495 e. The molecule has 0 aliphatic rings. The normalized spacial score (nSPS) is 12.5. The molecule has 0 aliphatic heterocycles. The standard InChI is InChI=1S/C26H22ClF3N2O3S2/c1-26(2,15-4-9-20(27)23(10-15)35-3)24-13-31-25(32(24)17-7-5-16(28)6-8-17)36-14-19-21(29)11-18(37(33)34)12-22(19)30/h4-13H,14H2,1-3H3,(H,33,34). The predicted molar refractivity (Wildman–Crippen MR) is 139 cm³/mol. The van der Waals surface area contributed by atoms with Crippen LogP contribution in [0.3, 0.4) is 0 Å². The molecule has 0 saturated heterocycles. The summed E-state index contributed by atoms with van der Waals surface area (Å²) in [7, 11) is 1.53. The number of nitrogens with zero attached hydrogens (tertiary/aromatic N) is 2. The molecule has 1 atom stereocenters. The zero-order chi connectivity index (χ0) is 26.9. The molecule has 4 rings (SSSR count). The summed E-state index contributed by atoms with van der Waals surface area (Å²) in [5.41, 5.74) is 1.33. The summed E-state index contributed by atoms with van der Waals surface area (Å²) in [6, 6.07) is 12.9. The fourth-order valence-corrected chi connectivity index (χ4v) is 5.48. The van der Waals surface area contributed by atoms with Crippen LogP contribution in [0, 0.1) is 17.5 Å². The Kier molecular flexibility index (Phi) is 8.03. The Morgan fingerprint density at radius 1 is 1.08 bits per heavy atom. The Morgan fingerprint density at radius 3 is 2.32 bits per heavy atom. The van der Waals surface area contributed by atoms with Crippen molar-refractivity contribution in [3.05, 3.63) is 100 Å². The van der Waals surface area contributed by atoms with Crippen molar-refractivity contribution in [3.8, 4) is 11.4 Å². The van der Waals surface area contributed by atoms with E-state index in [1.165, 1.54) is 19.2 Å². The molecule has 0 saturated carbocycles. The molecule has 0 spiro atoms. The number of benzene rings is 3. The average molecular weight is 567 g/mol. The minimum absolute atomic E-state index is 0.136. The van der Waals surface area contributed by atoms with E-state index in [4.69, 9.17) is 20.9 Å². The SMILES string of the molecule is COc1cc(C(C)(C)c2cnc(SCc3c(F)cc(S(=O)O)cc3F)n2-c2ccc(F)cc2)ccc1Cl. The lowest BCUT2D eigenvalue weighted by molar-refractivity contribution is 0.413. The number of halogens is 4. The van der Waals surface area contributed by atoms with Crippen LogP contribution in [-0.4, -0.2) is 25.4 Å². The van der Waals surface area contributed by atoms with Gasteiger partial charge in [0, 0.05) is 22.4 Å². The molecule has 1 heterocycles. The maximum atomic E-state index is 14.6. The van der Waals surface area contributed by atoms with Gasteiger partial charge < -0.3 is 9.29 Å². The van der Waals surface area contributed by atoms with Crippen molar-refractivity contribution >= 4 is 34.4 Å². The molecule has 0 bridgehead atoms. The summed E-state index contributed by atoms with van der Waals surface area (Å²) in [4.78, 5) is 4.17. The molecule has 1 N–H and O–H groups in total. The molecule has 0 aliphatic carbocycles. The Balaban J connectivity index is 1.78. The number of aromatic nitrogens is 2. The summed E-state index contributed by atoms with van der Waals surface area (Å²) < 4.78 is 70.4. The Hall–Kier alpha value is -2.79. The maximum absolute atomic E-state index is 14.6.